The molecular weight excluding hydrogens is 470 g/mol. The van der Waals surface area contributed by atoms with Crippen molar-refractivity contribution in [3.05, 3.63) is 52.1 Å². The minimum Gasteiger partial charge on any atom is -0.463 e. The van der Waals surface area contributed by atoms with Gasteiger partial charge in [0, 0.05) is 25.6 Å². The molecule has 34 heavy (non-hydrogen) atoms. The minimum atomic E-state index is -4.37. The SMILES string of the molecule is CC(=O)OC[C@H]1O[C@@H](n2cc(C)c(N)nc2=O)[C@H](OC(C)=O)[C@H]1OS(=O)(=O)c1ccc(C)cc1. The number of nitrogen functional groups attached to an aromatic ring is 1. The molecule has 4 atom stereocenters. The highest BCUT2D eigenvalue weighted by molar-refractivity contribution is 7.86. The zero-order valence-corrected chi connectivity index (χ0v) is 19.8. The van der Waals surface area contributed by atoms with Crippen molar-refractivity contribution in [2.75, 3.05) is 12.3 Å². The molecule has 12 nitrogen and oxygen atoms in total. The Morgan fingerprint density at radius 2 is 1.76 bits per heavy atom. The zero-order valence-electron chi connectivity index (χ0n) is 19.0. The van der Waals surface area contributed by atoms with Gasteiger partial charge in [-0.3, -0.25) is 18.3 Å². The van der Waals surface area contributed by atoms with Crippen molar-refractivity contribution in [3.63, 3.8) is 0 Å². The van der Waals surface area contributed by atoms with Crippen molar-refractivity contribution < 1.29 is 36.4 Å². The number of carbonyl (C=O) groups is 2. The van der Waals surface area contributed by atoms with Crippen LogP contribution in [0, 0.1) is 13.8 Å². The van der Waals surface area contributed by atoms with E-state index in [1.807, 2.05) is 0 Å². The molecule has 1 aliphatic heterocycles. The molecule has 0 bridgehead atoms. The lowest BCUT2D eigenvalue weighted by Crippen LogP contribution is -2.42. The van der Waals surface area contributed by atoms with Crippen LogP contribution in [0.25, 0.3) is 0 Å². The van der Waals surface area contributed by atoms with Gasteiger partial charge in [-0.2, -0.15) is 13.4 Å². The standard InChI is InChI=1S/C21H25N3O9S/c1-11-5-7-15(8-6-11)34(28,29)33-17-16(10-30-13(3)25)32-20(18(17)31-14(4)26)24-9-12(2)19(22)23-21(24)27/h5-9,16-18,20H,10H2,1-4H3,(H2,22,23,27)/t16-,17+,18-,20-/m1/s1. The van der Waals surface area contributed by atoms with E-state index in [0.29, 0.717) is 5.56 Å². The molecule has 1 aliphatic rings. The van der Waals surface area contributed by atoms with Crippen molar-refractivity contribution in [3.8, 4) is 0 Å². The number of esters is 2. The summed E-state index contributed by atoms with van der Waals surface area (Å²) in [7, 11) is -4.37. The smallest absolute Gasteiger partial charge is 0.351 e. The van der Waals surface area contributed by atoms with Crippen molar-refractivity contribution in [1.29, 1.82) is 0 Å². The Kier molecular flexibility index (Phi) is 7.38. The first kappa shape index (κ1) is 25.3. The number of aryl methyl sites for hydroxylation is 2. The molecule has 0 aliphatic carbocycles. The van der Waals surface area contributed by atoms with Crippen molar-refractivity contribution in [2.24, 2.45) is 0 Å². The molecule has 1 aromatic carbocycles. The van der Waals surface area contributed by atoms with Crippen molar-refractivity contribution in [1.82, 2.24) is 9.55 Å². The zero-order chi connectivity index (χ0) is 25.2. The maximum absolute atomic E-state index is 13.0. The molecular formula is C21H25N3O9S. The Morgan fingerprint density at radius 1 is 1.12 bits per heavy atom. The van der Waals surface area contributed by atoms with E-state index >= 15 is 0 Å². The summed E-state index contributed by atoms with van der Waals surface area (Å²) in [6.07, 6.45) is -4.05. The quantitative estimate of drug-likeness (QED) is 0.422. The highest BCUT2D eigenvalue weighted by Gasteiger charge is 2.51. The van der Waals surface area contributed by atoms with E-state index in [4.69, 9.17) is 24.1 Å². The average molecular weight is 496 g/mol. The van der Waals surface area contributed by atoms with Crippen LogP contribution < -0.4 is 11.4 Å². The number of aromatic nitrogens is 2. The van der Waals surface area contributed by atoms with Gasteiger partial charge in [0.05, 0.1) is 4.90 Å². The fourth-order valence-electron chi connectivity index (χ4n) is 3.37. The third-order valence-electron chi connectivity index (χ3n) is 5.03. The first-order chi connectivity index (χ1) is 15.9. The van der Waals surface area contributed by atoms with E-state index in [9.17, 15) is 22.8 Å². The second-order valence-corrected chi connectivity index (χ2v) is 9.34. The van der Waals surface area contributed by atoms with E-state index in [1.165, 1.54) is 18.3 Å². The van der Waals surface area contributed by atoms with Gasteiger partial charge in [-0.05, 0) is 26.0 Å². The third kappa shape index (κ3) is 5.61. The molecule has 1 fully saturated rings. The monoisotopic (exact) mass is 495 g/mol. The Hall–Kier alpha value is -3.29. The van der Waals surface area contributed by atoms with E-state index in [0.717, 1.165) is 24.0 Å². The molecule has 184 valence electrons. The normalized spacial score (nSPS) is 22.4. The summed E-state index contributed by atoms with van der Waals surface area (Å²) < 4.78 is 48.6. The summed E-state index contributed by atoms with van der Waals surface area (Å²) in [5.41, 5.74) is 6.13. The molecule has 0 unspecified atom stereocenters. The Balaban J connectivity index is 2.05. The molecule has 3 rings (SSSR count). The summed E-state index contributed by atoms with van der Waals surface area (Å²) in [4.78, 5) is 39.4. The average Bonchev–Trinajstić information content (AvgIpc) is 3.05. The van der Waals surface area contributed by atoms with Gasteiger partial charge in [-0.1, -0.05) is 17.7 Å². The Bertz CT molecular complexity index is 1240. The third-order valence-corrected chi connectivity index (χ3v) is 6.36. The predicted octanol–water partition coefficient (Wildman–Crippen LogP) is 0.609. The minimum absolute atomic E-state index is 0.00510. The van der Waals surface area contributed by atoms with Crippen LogP contribution in [0.5, 0.6) is 0 Å². The molecule has 1 aromatic heterocycles. The van der Waals surface area contributed by atoms with E-state index in [1.54, 1.807) is 26.0 Å². The summed E-state index contributed by atoms with van der Waals surface area (Å²) in [6.45, 7) is 5.23. The number of anilines is 1. The van der Waals surface area contributed by atoms with Gasteiger partial charge >= 0.3 is 17.6 Å². The molecule has 0 saturated carbocycles. The van der Waals surface area contributed by atoms with Crippen LogP contribution in [0.4, 0.5) is 5.82 Å². The van der Waals surface area contributed by atoms with Gasteiger partial charge < -0.3 is 19.9 Å². The highest BCUT2D eigenvalue weighted by atomic mass is 32.2. The number of benzene rings is 1. The van der Waals surface area contributed by atoms with Gasteiger partial charge in [0.1, 0.15) is 24.6 Å². The number of ether oxygens (including phenoxy) is 3. The highest BCUT2D eigenvalue weighted by Crippen LogP contribution is 2.35. The topological polar surface area (TPSA) is 166 Å². The van der Waals surface area contributed by atoms with E-state index < -0.39 is 58.9 Å². The van der Waals surface area contributed by atoms with Crippen LogP contribution in [-0.2, 0) is 38.1 Å². The fourth-order valence-corrected chi connectivity index (χ4v) is 4.47. The number of nitrogens with two attached hydrogens (primary N) is 1. The molecule has 0 amide bonds. The summed E-state index contributed by atoms with van der Waals surface area (Å²) in [6, 6.07) is 5.90. The van der Waals surface area contributed by atoms with Gasteiger partial charge in [-0.15, -0.1) is 0 Å². The molecule has 0 spiro atoms. The number of carbonyl (C=O) groups excluding carboxylic acids is 2. The molecule has 0 radical (unpaired) electrons. The largest absolute Gasteiger partial charge is 0.463 e. The Morgan fingerprint density at radius 3 is 2.35 bits per heavy atom. The van der Waals surface area contributed by atoms with Crippen LogP contribution in [0.15, 0.2) is 40.2 Å². The second kappa shape index (κ2) is 9.91. The van der Waals surface area contributed by atoms with Gasteiger partial charge in [0.2, 0.25) is 0 Å². The fraction of sp³-hybridized carbons (Fsp3) is 0.429. The number of hydrogen-bond donors (Lipinski definition) is 1. The maximum Gasteiger partial charge on any atom is 0.351 e. The van der Waals surface area contributed by atoms with Gasteiger partial charge in [0.25, 0.3) is 10.1 Å². The predicted molar refractivity (Wildman–Crippen MR) is 117 cm³/mol. The van der Waals surface area contributed by atoms with Crippen LogP contribution in [0.1, 0.15) is 31.2 Å². The van der Waals surface area contributed by atoms with Crippen LogP contribution in [-0.4, -0.2) is 54.8 Å². The molecule has 2 aromatic rings. The number of rotatable bonds is 7. The maximum atomic E-state index is 13.0. The molecule has 1 saturated heterocycles. The first-order valence-corrected chi connectivity index (χ1v) is 11.6. The van der Waals surface area contributed by atoms with Crippen molar-refractivity contribution in [2.45, 2.75) is 57.1 Å². The second-order valence-electron chi connectivity index (χ2n) is 7.77. The van der Waals surface area contributed by atoms with Gasteiger partial charge in [-0.25, -0.2) is 4.79 Å². The van der Waals surface area contributed by atoms with E-state index in [2.05, 4.69) is 4.98 Å². The van der Waals surface area contributed by atoms with Crippen LogP contribution in [0.2, 0.25) is 0 Å². The van der Waals surface area contributed by atoms with Crippen LogP contribution >= 0.6 is 0 Å². The summed E-state index contributed by atoms with van der Waals surface area (Å²) >= 11 is 0. The summed E-state index contributed by atoms with van der Waals surface area (Å²) in [5, 5.41) is 0. The van der Waals surface area contributed by atoms with Crippen molar-refractivity contribution >= 4 is 27.9 Å². The molecule has 2 N–H and O–H groups in total. The number of nitrogens with zero attached hydrogens (tertiary/aromatic N) is 2. The lowest BCUT2D eigenvalue weighted by molar-refractivity contribution is -0.155. The van der Waals surface area contributed by atoms with Gasteiger partial charge in [0.15, 0.2) is 12.3 Å². The lowest BCUT2D eigenvalue weighted by Gasteiger charge is -2.24. The summed E-state index contributed by atoms with van der Waals surface area (Å²) in [5.74, 6) is -1.44. The van der Waals surface area contributed by atoms with Crippen LogP contribution in [0.3, 0.4) is 0 Å². The molecule has 2 heterocycles. The van der Waals surface area contributed by atoms with E-state index in [-0.39, 0.29) is 10.7 Å². The molecule has 13 heteroatoms. The first-order valence-electron chi connectivity index (χ1n) is 10.2. The lowest BCUT2D eigenvalue weighted by atomic mass is 10.1. The number of hydrogen-bond acceptors (Lipinski definition) is 11. The Labute approximate surface area is 195 Å².